The lowest BCUT2D eigenvalue weighted by molar-refractivity contribution is 0.603. The Morgan fingerprint density at radius 2 is 1.95 bits per heavy atom. The fraction of sp³-hybridized carbons (Fsp3) is 0.286. The zero-order chi connectivity index (χ0) is 13.9. The molecule has 0 radical (unpaired) electrons. The van der Waals surface area contributed by atoms with E-state index in [2.05, 4.69) is 18.6 Å². The molecule has 2 rings (SSSR count). The largest absolute Gasteiger partial charge is 0.279 e. The summed E-state index contributed by atoms with van der Waals surface area (Å²) in [5.41, 5.74) is 1.70. The van der Waals surface area contributed by atoms with Gasteiger partial charge in [-0.25, -0.2) is 8.42 Å². The maximum Gasteiger partial charge on any atom is 0.271 e. The lowest BCUT2D eigenvalue weighted by Crippen LogP contribution is -2.13. The van der Waals surface area contributed by atoms with Gasteiger partial charge in [-0.05, 0) is 35.4 Å². The smallest absolute Gasteiger partial charge is 0.271 e. The summed E-state index contributed by atoms with van der Waals surface area (Å²) in [5, 5.41) is 1.76. The third-order valence-electron chi connectivity index (χ3n) is 3.11. The van der Waals surface area contributed by atoms with Crippen molar-refractivity contribution in [1.29, 1.82) is 0 Å². The van der Waals surface area contributed by atoms with E-state index in [0.717, 1.165) is 12.0 Å². The van der Waals surface area contributed by atoms with Crippen molar-refractivity contribution in [3.63, 3.8) is 0 Å². The van der Waals surface area contributed by atoms with Crippen LogP contribution in [0.2, 0.25) is 0 Å². The monoisotopic (exact) mass is 295 g/mol. The van der Waals surface area contributed by atoms with Gasteiger partial charge in [0.05, 0.1) is 5.69 Å². The first kappa shape index (κ1) is 14.1. The second-order valence-electron chi connectivity index (χ2n) is 4.43. The number of benzene rings is 1. The van der Waals surface area contributed by atoms with Gasteiger partial charge >= 0.3 is 0 Å². The molecule has 0 aliphatic heterocycles. The first-order valence-corrected chi connectivity index (χ1v) is 8.56. The molecule has 5 heteroatoms. The number of nitrogens with one attached hydrogen (secondary N) is 1. The lowest BCUT2D eigenvalue weighted by Gasteiger charge is -2.15. The normalized spacial score (nSPS) is 13.2. The Kier molecular flexibility index (Phi) is 4.27. The van der Waals surface area contributed by atoms with Crippen molar-refractivity contribution in [3.8, 4) is 0 Å². The van der Waals surface area contributed by atoms with Gasteiger partial charge in [0.25, 0.3) is 10.0 Å². The summed E-state index contributed by atoms with van der Waals surface area (Å²) in [6, 6.07) is 10.9. The van der Waals surface area contributed by atoms with Crippen LogP contribution in [0.15, 0.2) is 46.0 Å². The zero-order valence-electron chi connectivity index (χ0n) is 11.0. The van der Waals surface area contributed by atoms with Gasteiger partial charge in [0, 0.05) is 0 Å². The molecule has 1 heterocycles. The first-order valence-electron chi connectivity index (χ1n) is 6.20. The topological polar surface area (TPSA) is 46.2 Å². The average molecular weight is 295 g/mol. The van der Waals surface area contributed by atoms with Crippen LogP contribution in [0.3, 0.4) is 0 Å². The van der Waals surface area contributed by atoms with Crippen LogP contribution in [0.1, 0.15) is 31.7 Å². The maximum atomic E-state index is 12.2. The van der Waals surface area contributed by atoms with E-state index >= 15 is 0 Å². The highest BCUT2D eigenvalue weighted by molar-refractivity contribution is 7.94. The van der Waals surface area contributed by atoms with Crippen LogP contribution in [0, 0.1) is 0 Å². The standard InChI is InChI=1S/C14H17NO2S2/c1-3-11(2)12-7-4-5-8-13(12)15-19(16,17)14-9-6-10-18-14/h4-11,15H,3H2,1-2H3. The number of rotatable bonds is 5. The fourth-order valence-electron chi connectivity index (χ4n) is 1.85. The number of thiophene rings is 1. The van der Waals surface area contributed by atoms with E-state index in [0.29, 0.717) is 15.8 Å². The highest BCUT2D eigenvalue weighted by atomic mass is 32.2. The minimum Gasteiger partial charge on any atom is -0.279 e. The van der Waals surface area contributed by atoms with Gasteiger partial charge in [0.15, 0.2) is 0 Å². The van der Waals surface area contributed by atoms with Gasteiger partial charge in [0.1, 0.15) is 4.21 Å². The van der Waals surface area contributed by atoms with Crippen molar-refractivity contribution < 1.29 is 8.42 Å². The van der Waals surface area contributed by atoms with E-state index in [4.69, 9.17) is 0 Å². The van der Waals surface area contributed by atoms with E-state index in [9.17, 15) is 8.42 Å². The summed E-state index contributed by atoms with van der Waals surface area (Å²) in [6.07, 6.45) is 0.970. The Morgan fingerprint density at radius 1 is 1.21 bits per heavy atom. The Bertz CT molecular complexity index is 633. The molecule has 0 saturated carbocycles. The van der Waals surface area contributed by atoms with Crippen molar-refractivity contribution >= 4 is 27.0 Å². The summed E-state index contributed by atoms with van der Waals surface area (Å²) in [4.78, 5) is 0. The van der Waals surface area contributed by atoms with Crippen molar-refractivity contribution in [2.24, 2.45) is 0 Å². The number of sulfonamides is 1. The van der Waals surface area contributed by atoms with Gasteiger partial charge < -0.3 is 0 Å². The van der Waals surface area contributed by atoms with Crippen LogP contribution < -0.4 is 4.72 Å². The molecular formula is C14H17NO2S2. The molecule has 1 N–H and O–H groups in total. The van der Waals surface area contributed by atoms with Gasteiger partial charge in [-0.2, -0.15) is 0 Å². The molecule has 0 bridgehead atoms. The highest BCUT2D eigenvalue weighted by Crippen LogP contribution is 2.29. The summed E-state index contributed by atoms with van der Waals surface area (Å²) < 4.78 is 27.5. The van der Waals surface area contributed by atoms with E-state index in [1.807, 2.05) is 24.3 Å². The Balaban J connectivity index is 2.34. The van der Waals surface area contributed by atoms with Gasteiger partial charge in [-0.3, -0.25) is 4.72 Å². The maximum absolute atomic E-state index is 12.2. The highest BCUT2D eigenvalue weighted by Gasteiger charge is 2.18. The van der Waals surface area contributed by atoms with Crippen LogP contribution in [0.5, 0.6) is 0 Å². The number of anilines is 1. The summed E-state index contributed by atoms with van der Waals surface area (Å²) in [6.45, 7) is 4.19. The molecular weight excluding hydrogens is 278 g/mol. The summed E-state index contributed by atoms with van der Waals surface area (Å²) in [5.74, 6) is 0.322. The lowest BCUT2D eigenvalue weighted by atomic mass is 9.97. The SMILES string of the molecule is CCC(C)c1ccccc1NS(=O)(=O)c1cccs1. The number of para-hydroxylation sites is 1. The summed E-state index contributed by atoms with van der Waals surface area (Å²) >= 11 is 1.22. The minimum absolute atomic E-state index is 0.322. The number of hydrogen-bond acceptors (Lipinski definition) is 3. The second kappa shape index (κ2) is 5.75. The van der Waals surface area contributed by atoms with Crippen LogP contribution in [-0.2, 0) is 10.0 Å². The molecule has 1 atom stereocenters. The third-order valence-corrected chi connectivity index (χ3v) is 5.87. The molecule has 3 nitrogen and oxygen atoms in total. The molecule has 102 valence electrons. The van der Waals surface area contributed by atoms with Crippen LogP contribution >= 0.6 is 11.3 Å². The van der Waals surface area contributed by atoms with Crippen LogP contribution in [0.4, 0.5) is 5.69 Å². The molecule has 1 aromatic carbocycles. The first-order chi connectivity index (χ1) is 9.04. The molecule has 0 aliphatic rings. The Hall–Kier alpha value is -1.33. The Labute approximate surface area is 118 Å². The molecule has 0 fully saturated rings. The van der Waals surface area contributed by atoms with Crippen molar-refractivity contribution in [3.05, 3.63) is 47.3 Å². The third kappa shape index (κ3) is 3.16. The predicted octanol–water partition coefficient (Wildman–Crippen LogP) is 4.06. The summed E-state index contributed by atoms with van der Waals surface area (Å²) in [7, 11) is -3.47. The van der Waals surface area contributed by atoms with Crippen molar-refractivity contribution in [2.75, 3.05) is 4.72 Å². The van der Waals surface area contributed by atoms with E-state index in [1.165, 1.54) is 11.3 Å². The van der Waals surface area contributed by atoms with Crippen molar-refractivity contribution in [1.82, 2.24) is 0 Å². The van der Waals surface area contributed by atoms with Gasteiger partial charge in [0.2, 0.25) is 0 Å². The molecule has 0 spiro atoms. The zero-order valence-corrected chi connectivity index (χ0v) is 12.6. The Morgan fingerprint density at radius 3 is 2.58 bits per heavy atom. The molecule has 0 aliphatic carbocycles. The molecule has 19 heavy (non-hydrogen) atoms. The minimum atomic E-state index is -3.47. The van der Waals surface area contributed by atoms with Gasteiger partial charge in [-0.15, -0.1) is 11.3 Å². The average Bonchev–Trinajstić information content (AvgIpc) is 2.93. The second-order valence-corrected chi connectivity index (χ2v) is 7.29. The van der Waals surface area contributed by atoms with E-state index in [-0.39, 0.29) is 0 Å². The fourth-order valence-corrected chi connectivity index (χ4v) is 3.93. The number of hydrogen-bond donors (Lipinski definition) is 1. The van der Waals surface area contributed by atoms with Crippen molar-refractivity contribution in [2.45, 2.75) is 30.4 Å². The predicted molar refractivity (Wildman–Crippen MR) is 80.3 cm³/mol. The molecule has 0 saturated heterocycles. The molecule has 0 amide bonds. The van der Waals surface area contributed by atoms with Gasteiger partial charge in [-0.1, -0.05) is 38.1 Å². The van der Waals surface area contributed by atoms with Crippen LogP contribution in [0.25, 0.3) is 0 Å². The quantitative estimate of drug-likeness (QED) is 0.904. The molecule has 1 unspecified atom stereocenters. The van der Waals surface area contributed by atoms with E-state index in [1.54, 1.807) is 17.5 Å². The molecule has 1 aromatic heterocycles. The van der Waals surface area contributed by atoms with E-state index < -0.39 is 10.0 Å². The van der Waals surface area contributed by atoms with Crippen LogP contribution in [-0.4, -0.2) is 8.42 Å². The molecule has 2 aromatic rings.